The Bertz CT molecular complexity index is 438. The van der Waals surface area contributed by atoms with Gasteiger partial charge in [-0.05, 0) is 39.3 Å². The molecule has 0 fully saturated rings. The van der Waals surface area contributed by atoms with E-state index in [4.69, 9.17) is 9.47 Å². The third-order valence-corrected chi connectivity index (χ3v) is 3.46. The fourth-order valence-electron chi connectivity index (χ4n) is 1.59. The predicted molar refractivity (Wildman–Crippen MR) is 79.1 cm³/mol. The van der Waals surface area contributed by atoms with E-state index in [-0.39, 0.29) is 18.1 Å². The van der Waals surface area contributed by atoms with Crippen LogP contribution in [-0.2, 0) is 9.53 Å². The molecule has 0 amide bonds. The number of para-hydroxylation sites is 1. The summed E-state index contributed by atoms with van der Waals surface area (Å²) in [6, 6.07) is 7.61. The first kappa shape index (κ1) is 16.5. The second-order valence-electron chi connectivity index (χ2n) is 6.05. The number of likely N-dealkylation sites (N-methyl/N-ethyl adjacent to an activating group) is 1. The van der Waals surface area contributed by atoms with Crippen molar-refractivity contribution in [2.45, 2.75) is 33.2 Å². The molecule has 0 radical (unpaired) electrons. The average molecular weight is 280 g/mol. The van der Waals surface area contributed by atoms with Crippen molar-refractivity contribution < 1.29 is 19.2 Å². The van der Waals surface area contributed by atoms with Crippen LogP contribution in [0.15, 0.2) is 24.3 Å². The van der Waals surface area contributed by atoms with E-state index in [1.165, 1.54) is 4.90 Å². The van der Waals surface area contributed by atoms with E-state index in [2.05, 4.69) is 27.8 Å². The number of nitrogens with one attached hydrogen (secondary N) is 1. The standard InChI is InChI=1S/C16H25NO3/c1-13-8-6-7-9-14(13)20-12-15(18)19-11-10-17(5)16(2,3)4/h6-9H,10-12H2,1-5H3/p+1. The van der Waals surface area contributed by atoms with Gasteiger partial charge in [-0.3, -0.25) is 0 Å². The lowest BCUT2D eigenvalue weighted by Gasteiger charge is -2.28. The number of carbonyl (C=O) groups is 1. The molecule has 0 aliphatic heterocycles. The normalized spacial score (nSPS) is 12.8. The Morgan fingerprint density at radius 3 is 2.50 bits per heavy atom. The van der Waals surface area contributed by atoms with Crippen molar-refractivity contribution >= 4 is 5.97 Å². The Labute approximate surface area is 121 Å². The van der Waals surface area contributed by atoms with E-state index in [1.807, 2.05) is 31.2 Å². The maximum atomic E-state index is 11.6. The summed E-state index contributed by atoms with van der Waals surface area (Å²) in [6.45, 7) is 9.59. The largest absolute Gasteiger partial charge is 0.482 e. The first-order valence-corrected chi connectivity index (χ1v) is 6.97. The van der Waals surface area contributed by atoms with E-state index >= 15 is 0 Å². The number of benzene rings is 1. The third-order valence-electron chi connectivity index (χ3n) is 3.46. The summed E-state index contributed by atoms with van der Waals surface area (Å²) in [6.07, 6.45) is 0. The SMILES string of the molecule is Cc1ccccc1OCC(=O)OCC[NH+](C)C(C)(C)C. The predicted octanol–water partition coefficient (Wildman–Crippen LogP) is 1.23. The highest BCUT2D eigenvalue weighted by Crippen LogP contribution is 2.15. The highest BCUT2D eigenvalue weighted by atomic mass is 16.6. The van der Waals surface area contributed by atoms with Crippen LogP contribution in [0, 0.1) is 6.92 Å². The number of quaternary nitrogens is 1. The fourth-order valence-corrected chi connectivity index (χ4v) is 1.59. The van der Waals surface area contributed by atoms with Gasteiger partial charge in [0.1, 0.15) is 18.9 Å². The molecule has 4 nitrogen and oxygen atoms in total. The van der Waals surface area contributed by atoms with Gasteiger partial charge in [0.25, 0.3) is 0 Å². The van der Waals surface area contributed by atoms with Gasteiger partial charge in [-0.2, -0.15) is 0 Å². The molecule has 0 aliphatic rings. The summed E-state index contributed by atoms with van der Waals surface area (Å²) in [5.74, 6) is 0.400. The average Bonchev–Trinajstić information content (AvgIpc) is 2.36. The zero-order valence-corrected chi connectivity index (χ0v) is 13.2. The summed E-state index contributed by atoms with van der Waals surface area (Å²) >= 11 is 0. The van der Waals surface area contributed by atoms with Gasteiger partial charge in [-0.1, -0.05) is 18.2 Å². The van der Waals surface area contributed by atoms with E-state index in [0.717, 1.165) is 17.9 Å². The molecule has 112 valence electrons. The molecule has 4 heteroatoms. The number of esters is 1. The molecule has 0 aliphatic carbocycles. The van der Waals surface area contributed by atoms with Gasteiger partial charge in [-0.15, -0.1) is 0 Å². The number of carbonyl (C=O) groups excluding carboxylic acids is 1. The molecule has 1 N–H and O–H groups in total. The van der Waals surface area contributed by atoms with Crippen LogP contribution in [-0.4, -0.2) is 38.3 Å². The van der Waals surface area contributed by atoms with Crippen LogP contribution in [0.5, 0.6) is 5.75 Å². The minimum absolute atomic E-state index is 0.0422. The molecule has 0 saturated carbocycles. The lowest BCUT2D eigenvalue weighted by molar-refractivity contribution is -0.927. The molecule has 20 heavy (non-hydrogen) atoms. The van der Waals surface area contributed by atoms with Crippen molar-refractivity contribution in [3.63, 3.8) is 0 Å². The van der Waals surface area contributed by atoms with E-state index in [9.17, 15) is 4.79 Å². The van der Waals surface area contributed by atoms with Crippen molar-refractivity contribution in [2.24, 2.45) is 0 Å². The van der Waals surface area contributed by atoms with Gasteiger partial charge in [0.05, 0.1) is 12.6 Å². The highest BCUT2D eigenvalue weighted by Gasteiger charge is 2.20. The smallest absolute Gasteiger partial charge is 0.344 e. The summed E-state index contributed by atoms with van der Waals surface area (Å²) < 4.78 is 10.6. The summed E-state index contributed by atoms with van der Waals surface area (Å²) in [4.78, 5) is 12.9. The summed E-state index contributed by atoms with van der Waals surface area (Å²) in [5, 5.41) is 0. The quantitative estimate of drug-likeness (QED) is 0.797. The second kappa shape index (κ2) is 7.29. The number of hydrogen-bond acceptors (Lipinski definition) is 3. The highest BCUT2D eigenvalue weighted by molar-refractivity contribution is 5.71. The first-order valence-electron chi connectivity index (χ1n) is 6.97. The minimum Gasteiger partial charge on any atom is -0.482 e. The van der Waals surface area contributed by atoms with Gasteiger partial charge in [-0.25, -0.2) is 4.79 Å². The second-order valence-corrected chi connectivity index (χ2v) is 6.05. The van der Waals surface area contributed by atoms with E-state index in [1.54, 1.807) is 0 Å². The van der Waals surface area contributed by atoms with Gasteiger partial charge >= 0.3 is 5.97 Å². The molecular formula is C16H26NO3+. The van der Waals surface area contributed by atoms with Gasteiger partial charge in [0.15, 0.2) is 6.61 Å². The Balaban J connectivity index is 2.26. The van der Waals surface area contributed by atoms with Crippen LogP contribution >= 0.6 is 0 Å². The molecule has 0 aromatic heterocycles. The van der Waals surface area contributed by atoms with E-state index < -0.39 is 0 Å². The maximum Gasteiger partial charge on any atom is 0.344 e. The van der Waals surface area contributed by atoms with Gasteiger partial charge in [0, 0.05) is 0 Å². The molecule has 0 spiro atoms. The Morgan fingerprint density at radius 1 is 1.25 bits per heavy atom. The van der Waals surface area contributed by atoms with Crippen LogP contribution in [0.25, 0.3) is 0 Å². The lowest BCUT2D eigenvalue weighted by Crippen LogP contribution is -3.16. The molecule has 0 saturated heterocycles. The number of ether oxygens (including phenoxy) is 2. The Morgan fingerprint density at radius 2 is 1.90 bits per heavy atom. The van der Waals surface area contributed by atoms with Crippen LogP contribution < -0.4 is 9.64 Å². The molecule has 0 heterocycles. The molecule has 1 aromatic carbocycles. The summed E-state index contributed by atoms with van der Waals surface area (Å²) in [5.41, 5.74) is 1.17. The van der Waals surface area contributed by atoms with Crippen LogP contribution in [0.2, 0.25) is 0 Å². The Hall–Kier alpha value is -1.55. The fraction of sp³-hybridized carbons (Fsp3) is 0.562. The third kappa shape index (κ3) is 5.61. The van der Waals surface area contributed by atoms with E-state index in [0.29, 0.717) is 6.61 Å². The molecule has 1 atom stereocenters. The van der Waals surface area contributed by atoms with Crippen molar-refractivity contribution in [1.82, 2.24) is 0 Å². The number of rotatable bonds is 6. The first-order chi connectivity index (χ1) is 9.30. The van der Waals surface area contributed by atoms with Crippen LogP contribution in [0.3, 0.4) is 0 Å². The van der Waals surface area contributed by atoms with Crippen LogP contribution in [0.4, 0.5) is 0 Å². The van der Waals surface area contributed by atoms with Crippen molar-refractivity contribution in [2.75, 3.05) is 26.8 Å². The molecule has 1 unspecified atom stereocenters. The van der Waals surface area contributed by atoms with Crippen molar-refractivity contribution in [1.29, 1.82) is 0 Å². The van der Waals surface area contributed by atoms with Crippen molar-refractivity contribution in [3.05, 3.63) is 29.8 Å². The van der Waals surface area contributed by atoms with Crippen molar-refractivity contribution in [3.8, 4) is 5.75 Å². The minimum atomic E-state index is -0.324. The molecule has 1 aromatic rings. The summed E-state index contributed by atoms with van der Waals surface area (Å²) in [7, 11) is 2.09. The number of aryl methyl sites for hydroxylation is 1. The zero-order chi connectivity index (χ0) is 15.2. The lowest BCUT2D eigenvalue weighted by atomic mass is 10.1. The van der Waals surface area contributed by atoms with Gasteiger partial charge in [0.2, 0.25) is 0 Å². The molecule has 1 rings (SSSR count). The molecule has 0 bridgehead atoms. The topological polar surface area (TPSA) is 40.0 Å². The van der Waals surface area contributed by atoms with Crippen LogP contribution in [0.1, 0.15) is 26.3 Å². The monoisotopic (exact) mass is 280 g/mol. The zero-order valence-electron chi connectivity index (χ0n) is 13.2. The Kier molecular flexibility index (Phi) is 6.02. The number of hydrogen-bond donors (Lipinski definition) is 1. The maximum absolute atomic E-state index is 11.6. The molecular weight excluding hydrogens is 254 g/mol. The van der Waals surface area contributed by atoms with Gasteiger partial charge < -0.3 is 14.4 Å².